The van der Waals surface area contributed by atoms with Crippen LogP contribution < -0.4 is 10.2 Å². The molecule has 1 aliphatic heterocycles. The molecule has 0 aliphatic carbocycles. The highest BCUT2D eigenvalue weighted by Gasteiger charge is 2.32. The molecule has 29 heavy (non-hydrogen) atoms. The fourth-order valence-corrected chi connectivity index (χ4v) is 3.38. The summed E-state index contributed by atoms with van der Waals surface area (Å²) in [5, 5.41) is 14.8. The van der Waals surface area contributed by atoms with Gasteiger partial charge in [0.05, 0.1) is 17.4 Å². The monoisotopic (exact) mass is 399 g/mol. The van der Waals surface area contributed by atoms with E-state index in [2.05, 4.69) is 15.3 Å². The van der Waals surface area contributed by atoms with Crippen LogP contribution in [-0.4, -0.2) is 40.6 Å². The molecule has 1 fully saturated rings. The number of rotatable bonds is 7. The zero-order valence-corrected chi connectivity index (χ0v) is 16.6. The Hall–Kier alpha value is -3.23. The number of esters is 1. The van der Waals surface area contributed by atoms with Gasteiger partial charge in [-0.3, -0.25) is 14.9 Å². The second-order valence-electron chi connectivity index (χ2n) is 7.00. The van der Waals surface area contributed by atoms with E-state index in [0.29, 0.717) is 39.1 Å². The van der Waals surface area contributed by atoms with E-state index in [1.807, 2.05) is 36.1 Å². The minimum absolute atomic E-state index is 0.144. The summed E-state index contributed by atoms with van der Waals surface area (Å²) >= 11 is 0. The lowest BCUT2D eigenvalue weighted by molar-refractivity contribution is -0.383. The van der Waals surface area contributed by atoms with Crippen LogP contribution in [0.15, 0.2) is 30.6 Å². The van der Waals surface area contributed by atoms with Gasteiger partial charge in [-0.05, 0) is 32.3 Å². The normalized spacial score (nSPS) is 14.5. The van der Waals surface area contributed by atoms with Gasteiger partial charge in [-0.2, -0.15) is 0 Å². The van der Waals surface area contributed by atoms with Crippen molar-refractivity contribution in [3.63, 3.8) is 0 Å². The maximum atomic E-state index is 11.9. The summed E-state index contributed by atoms with van der Waals surface area (Å²) in [6, 6.07) is 7.92. The average molecular weight is 399 g/mol. The molecule has 0 saturated carbocycles. The first-order valence-electron chi connectivity index (χ1n) is 9.70. The minimum atomic E-state index is -0.454. The van der Waals surface area contributed by atoms with Crippen molar-refractivity contribution in [2.45, 2.75) is 33.2 Å². The lowest BCUT2D eigenvalue weighted by Crippen LogP contribution is -2.37. The fourth-order valence-electron chi connectivity index (χ4n) is 3.38. The number of aromatic nitrogens is 2. The molecule has 0 radical (unpaired) electrons. The van der Waals surface area contributed by atoms with Crippen molar-refractivity contribution in [1.29, 1.82) is 0 Å². The molecule has 2 aromatic rings. The van der Waals surface area contributed by atoms with E-state index < -0.39 is 4.92 Å². The number of hydrogen-bond donors (Lipinski definition) is 1. The zero-order chi connectivity index (χ0) is 20.8. The number of piperidine rings is 1. The van der Waals surface area contributed by atoms with Crippen LogP contribution in [0.5, 0.6) is 0 Å². The van der Waals surface area contributed by atoms with Crippen molar-refractivity contribution in [2.24, 2.45) is 5.92 Å². The van der Waals surface area contributed by atoms with Gasteiger partial charge in [-0.15, -0.1) is 0 Å². The predicted octanol–water partition coefficient (Wildman–Crippen LogP) is 3.08. The lowest BCUT2D eigenvalue weighted by atomic mass is 9.97. The van der Waals surface area contributed by atoms with Crippen molar-refractivity contribution in [3.8, 4) is 0 Å². The number of hydrogen-bond acceptors (Lipinski definition) is 8. The molecule has 9 nitrogen and oxygen atoms in total. The molecule has 0 spiro atoms. The number of carbonyl (C=O) groups excluding carboxylic acids is 1. The Morgan fingerprint density at radius 3 is 2.59 bits per heavy atom. The summed E-state index contributed by atoms with van der Waals surface area (Å²) in [6.07, 6.45) is 2.48. The van der Waals surface area contributed by atoms with Crippen LogP contribution in [0.2, 0.25) is 0 Å². The number of aryl methyl sites for hydroxylation is 1. The molecule has 0 bridgehead atoms. The van der Waals surface area contributed by atoms with E-state index in [1.54, 1.807) is 6.92 Å². The standard InChI is InChI=1S/C20H25N5O4/c1-3-29-20(26)16-8-10-24(11-9-16)19-17(25(27)28)18(22-13-23-19)21-12-15-6-4-14(2)5-7-15/h4-7,13,16H,3,8-12H2,1-2H3,(H,21,22,23). The molecule has 1 aromatic heterocycles. The zero-order valence-electron chi connectivity index (χ0n) is 16.6. The fraction of sp³-hybridized carbons (Fsp3) is 0.450. The van der Waals surface area contributed by atoms with Crippen LogP contribution in [0.25, 0.3) is 0 Å². The third kappa shape index (κ3) is 4.98. The van der Waals surface area contributed by atoms with E-state index in [4.69, 9.17) is 4.74 Å². The van der Waals surface area contributed by atoms with Crippen molar-refractivity contribution in [3.05, 3.63) is 51.8 Å². The molecular weight excluding hydrogens is 374 g/mol. The molecule has 1 saturated heterocycles. The molecule has 0 unspecified atom stereocenters. The molecule has 0 atom stereocenters. The van der Waals surface area contributed by atoms with Gasteiger partial charge in [-0.1, -0.05) is 29.8 Å². The summed E-state index contributed by atoms with van der Waals surface area (Å²) in [4.78, 5) is 33.4. The first kappa shape index (κ1) is 20.5. The summed E-state index contributed by atoms with van der Waals surface area (Å²) in [5.74, 6) is 0.0859. The van der Waals surface area contributed by atoms with Crippen molar-refractivity contribution in [2.75, 3.05) is 29.9 Å². The summed E-state index contributed by atoms with van der Waals surface area (Å²) in [7, 11) is 0. The van der Waals surface area contributed by atoms with Crippen LogP contribution in [-0.2, 0) is 16.1 Å². The largest absolute Gasteiger partial charge is 0.466 e. The summed E-state index contributed by atoms with van der Waals surface area (Å²) in [6.45, 7) is 5.55. The van der Waals surface area contributed by atoms with Crippen LogP contribution in [0.3, 0.4) is 0 Å². The number of carbonyl (C=O) groups is 1. The summed E-state index contributed by atoms with van der Waals surface area (Å²) in [5.41, 5.74) is 2.00. The third-order valence-corrected chi connectivity index (χ3v) is 4.98. The first-order chi connectivity index (χ1) is 14.0. The maximum absolute atomic E-state index is 11.9. The number of ether oxygens (including phenoxy) is 1. The van der Waals surface area contributed by atoms with Gasteiger partial charge in [0, 0.05) is 19.6 Å². The SMILES string of the molecule is CCOC(=O)C1CCN(c2ncnc(NCc3ccc(C)cc3)c2[N+](=O)[O-])CC1. The number of nitrogens with one attached hydrogen (secondary N) is 1. The molecule has 2 heterocycles. The molecule has 9 heteroatoms. The van der Waals surface area contributed by atoms with Gasteiger partial charge in [0.1, 0.15) is 6.33 Å². The van der Waals surface area contributed by atoms with E-state index in [1.165, 1.54) is 6.33 Å². The Balaban J connectivity index is 1.74. The van der Waals surface area contributed by atoms with Gasteiger partial charge in [0.25, 0.3) is 0 Å². The quantitative estimate of drug-likeness (QED) is 0.430. The van der Waals surface area contributed by atoms with Crippen molar-refractivity contribution >= 4 is 23.3 Å². The second-order valence-corrected chi connectivity index (χ2v) is 7.00. The first-order valence-corrected chi connectivity index (χ1v) is 9.70. The molecule has 1 aromatic carbocycles. The van der Waals surface area contributed by atoms with Crippen LogP contribution in [0, 0.1) is 23.0 Å². The topological polar surface area (TPSA) is 110 Å². The Morgan fingerprint density at radius 2 is 1.97 bits per heavy atom. The minimum Gasteiger partial charge on any atom is -0.466 e. The number of nitrogens with zero attached hydrogens (tertiary/aromatic N) is 4. The molecule has 0 amide bonds. The Morgan fingerprint density at radius 1 is 1.28 bits per heavy atom. The smallest absolute Gasteiger partial charge is 0.353 e. The Bertz CT molecular complexity index is 864. The van der Waals surface area contributed by atoms with Gasteiger partial charge in [0.15, 0.2) is 0 Å². The van der Waals surface area contributed by atoms with Gasteiger partial charge < -0.3 is 15.0 Å². The van der Waals surface area contributed by atoms with Crippen LogP contribution in [0.1, 0.15) is 30.9 Å². The van der Waals surface area contributed by atoms with Crippen LogP contribution in [0.4, 0.5) is 17.3 Å². The van der Waals surface area contributed by atoms with Crippen molar-refractivity contribution < 1.29 is 14.5 Å². The highest BCUT2D eigenvalue weighted by molar-refractivity contribution is 5.74. The number of nitro groups is 1. The average Bonchev–Trinajstić information content (AvgIpc) is 2.73. The van der Waals surface area contributed by atoms with E-state index in [-0.39, 0.29) is 29.2 Å². The van der Waals surface area contributed by atoms with Crippen LogP contribution >= 0.6 is 0 Å². The van der Waals surface area contributed by atoms with Gasteiger partial charge in [-0.25, -0.2) is 9.97 Å². The second kappa shape index (κ2) is 9.31. The molecule has 3 rings (SSSR count). The maximum Gasteiger partial charge on any atom is 0.353 e. The number of anilines is 2. The van der Waals surface area contributed by atoms with E-state index >= 15 is 0 Å². The number of benzene rings is 1. The molecular formula is C20H25N5O4. The summed E-state index contributed by atoms with van der Waals surface area (Å²) < 4.78 is 5.08. The van der Waals surface area contributed by atoms with E-state index in [0.717, 1.165) is 11.1 Å². The molecule has 1 N–H and O–H groups in total. The predicted molar refractivity (Wildman–Crippen MR) is 109 cm³/mol. The highest BCUT2D eigenvalue weighted by atomic mass is 16.6. The molecule has 1 aliphatic rings. The van der Waals surface area contributed by atoms with Gasteiger partial charge >= 0.3 is 11.7 Å². The lowest BCUT2D eigenvalue weighted by Gasteiger charge is -2.31. The Labute approximate surface area is 169 Å². The highest BCUT2D eigenvalue weighted by Crippen LogP contribution is 2.34. The third-order valence-electron chi connectivity index (χ3n) is 4.98. The van der Waals surface area contributed by atoms with Gasteiger partial charge in [0.2, 0.25) is 11.6 Å². The Kier molecular flexibility index (Phi) is 6.58. The van der Waals surface area contributed by atoms with E-state index in [9.17, 15) is 14.9 Å². The molecule has 154 valence electrons. The van der Waals surface area contributed by atoms with Crippen molar-refractivity contribution in [1.82, 2.24) is 9.97 Å².